The van der Waals surface area contributed by atoms with Gasteiger partial charge in [0.05, 0.1) is 0 Å². The summed E-state index contributed by atoms with van der Waals surface area (Å²) in [5.41, 5.74) is 4.99. The second kappa shape index (κ2) is 4.41. The molecule has 0 spiro atoms. The summed E-state index contributed by atoms with van der Waals surface area (Å²) in [6, 6.07) is -0.942. The fourth-order valence-corrected chi connectivity index (χ4v) is 1.63. The molecule has 0 bridgehead atoms. The summed E-state index contributed by atoms with van der Waals surface area (Å²) in [6.45, 7) is 5.06. The molecule has 3 N–H and O–H groups in total. The maximum Gasteiger partial charge on any atom is 0.354 e. The van der Waals surface area contributed by atoms with E-state index in [0.29, 0.717) is 0 Å². The van der Waals surface area contributed by atoms with Gasteiger partial charge in [0.1, 0.15) is 0 Å². The topological polar surface area (TPSA) is 104 Å². The first-order chi connectivity index (χ1) is 8.07. The Labute approximate surface area is 108 Å². The smallest absolute Gasteiger partial charge is 0.350 e. The molecule has 0 unspecified atom stereocenters. The maximum absolute atomic E-state index is 12.1. The molecule has 1 aromatic rings. The standard InChI is InChI=1S/C9H15N5O3S/c1-9(2,3)13-6(16)12(4)8(18)14(7(13)17)11-5(10)15/h1-4H3,(H3,10,11,15). The first-order valence-electron chi connectivity index (χ1n) is 5.09. The van der Waals surface area contributed by atoms with Crippen molar-refractivity contribution < 1.29 is 4.79 Å². The SMILES string of the molecule is Cn1c(=S)n(NC(N)=O)c(=O)n(C(C)(C)C)c1=O. The lowest BCUT2D eigenvalue weighted by Crippen LogP contribution is -2.54. The van der Waals surface area contributed by atoms with Gasteiger partial charge in [-0.2, -0.15) is 4.68 Å². The lowest BCUT2D eigenvalue weighted by atomic mass is 10.1. The van der Waals surface area contributed by atoms with Crippen LogP contribution in [-0.2, 0) is 12.6 Å². The highest BCUT2D eigenvalue weighted by Crippen LogP contribution is 2.06. The summed E-state index contributed by atoms with van der Waals surface area (Å²) in [6.07, 6.45) is 0. The van der Waals surface area contributed by atoms with Crippen LogP contribution < -0.4 is 22.5 Å². The lowest BCUT2D eigenvalue weighted by Gasteiger charge is -2.23. The lowest BCUT2D eigenvalue weighted by molar-refractivity contribution is 0.255. The van der Waals surface area contributed by atoms with Crippen LogP contribution in [0, 0.1) is 4.77 Å². The highest BCUT2D eigenvalue weighted by atomic mass is 32.1. The molecule has 0 aliphatic rings. The molecular weight excluding hydrogens is 258 g/mol. The zero-order valence-corrected chi connectivity index (χ0v) is 11.4. The van der Waals surface area contributed by atoms with Gasteiger partial charge in [-0.3, -0.25) is 4.57 Å². The highest BCUT2D eigenvalue weighted by Gasteiger charge is 2.22. The number of nitrogens with two attached hydrogens (primary N) is 1. The summed E-state index contributed by atoms with van der Waals surface area (Å²) in [5.74, 6) is 0. The second-order valence-electron chi connectivity index (χ2n) is 4.72. The molecular formula is C9H15N5O3S. The molecule has 0 aliphatic carbocycles. The summed E-state index contributed by atoms with van der Waals surface area (Å²) in [4.78, 5) is 35.0. The molecule has 0 radical (unpaired) electrons. The number of hydrogen-bond acceptors (Lipinski definition) is 4. The van der Waals surface area contributed by atoms with Gasteiger partial charge in [-0.05, 0) is 33.0 Å². The van der Waals surface area contributed by atoms with Gasteiger partial charge in [-0.15, -0.1) is 0 Å². The van der Waals surface area contributed by atoms with Crippen molar-refractivity contribution in [2.75, 3.05) is 5.43 Å². The van der Waals surface area contributed by atoms with E-state index in [-0.39, 0.29) is 4.77 Å². The van der Waals surface area contributed by atoms with Crippen LogP contribution in [0.25, 0.3) is 0 Å². The minimum Gasteiger partial charge on any atom is -0.350 e. The van der Waals surface area contributed by atoms with E-state index >= 15 is 0 Å². The van der Waals surface area contributed by atoms with Crippen LogP contribution in [0.1, 0.15) is 20.8 Å². The second-order valence-corrected chi connectivity index (χ2v) is 5.09. The largest absolute Gasteiger partial charge is 0.354 e. The fourth-order valence-electron chi connectivity index (χ4n) is 1.43. The third kappa shape index (κ3) is 2.35. The van der Waals surface area contributed by atoms with Crippen LogP contribution >= 0.6 is 12.2 Å². The summed E-state index contributed by atoms with van der Waals surface area (Å²) < 4.78 is 2.70. The van der Waals surface area contributed by atoms with Crippen molar-refractivity contribution in [2.45, 2.75) is 26.3 Å². The highest BCUT2D eigenvalue weighted by molar-refractivity contribution is 7.71. The molecule has 2 amide bonds. The Hall–Kier alpha value is -1.90. The first kappa shape index (κ1) is 14.2. The first-order valence-corrected chi connectivity index (χ1v) is 5.50. The molecule has 0 atom stereocenters. The Bertz CT molecular complexity index is 661. The zero-order valence-electron chi connectivity index (χ0n) is 10.6. The Kier molecular flexibility index (Phi) is 3.47. The van der Waals surface area contributed by atoms with E-state index in [1.165, 1.54) is 7.05 Å². The molecule has 100 valence electrons. The minimum absolute atomic E-state index is 0.135. The molecule has 18 heavy (non-hydrogen) atoms. The van der Waals surface area contributed by atoms with Crippen molar-refractivity contribution in [2.24, 2.45) is 12.8 Å². The third-order valence-electron chi connectivity index (χ3n) is 2.23. The molecule has 0 aromatic carbocycles. The Morgan fingerprint density at radius 1 is 1.28 bits per heavy atom. The van der Waals surface area contributed by atoms with E-state index in [0.717, 1.165) is 13.8 Å². The number of amides is 2. The molecule has 1 aromatic heterocycles. The van der Waals surface area contributed by atoms with Crippen LogP contribution in [0.4, 0.5) is 4.79 Å². The number of carbonyl (C=O) groups excluding carboxylic acids is 1. The summed E-state index contributed by atoms with van der Waals surface area (Å²) in [5, 5.41) is 0. The number of urea groups is 1. The van der Waals surface area contributed by atoms with Gasteiger partial charge in [-0.1, -0.05) is 0 Å². The average Bonchev–Trinajstić information content (AvgIpc) is 2.19. The molecule has 0 aliphatic heterocycles. The third-order valence-corrected chi connectivity index (χ3v) is 2.69. The van der Waals surface area contributed by atoms with Crippen molar-refractivity contribution in [3.05, 3.63) is 25.7 Å². The molecule has 0 fully saturated rings. The number of nitrogens with one attached hydrogen (secondary N) is 1. The van der Waals surface area contributed by atoms with E-state index < -0.39 is 22.9 Å². The number of primary amides is 1. The van der Waals surface area contributed by atoms with Crippen LogP contribution in [-0.4, -0.2) is 19.8 Å². The number of hydrogen-bond donors (Lipinski definition) is 2. The number of rotatable bonds is 1. The minimum atomic E-state index is -0.942. The van der Waals surface area contributed by atoms with Gasteiger partial charge in [0.15, 0.2) is 0 Å². The Morgan fingerprint density at radius 2 is 1.78 bits per heavy atom. The average molecular weight is 273 g/mol. The predicted molar refractivity (Wildman–Crippen MR) is 68.7 cm³/mol. The van der Waals surface area contributed by atoms with E-state index in [1.807, 2.05) is 0 Å². The van der Waals surface area contributed by atoms with Crippen molar-refractivity contribution in [3.8, 4) is 0 Å². The summed E-state index contributed by atoms with van der Waals surface area (Å²) >= 11 is 4.91. The van der Waals surface area contributed by atoms with Crippen molar-refractivity contribution >= 4 is 18.2 Å². The van der Waals surface area contributed by atoms with Crippen molar-refractivity contribution in [1.29, 1.82) is 0 Å². The van der Waals surface area contributed by atoms with Gasteiger partial charge in [0.2, 0.25) is 4.77 Å². The van der Waals surface area contributed by atoms with Crippen LogP contribution in [0.5, 0.6) is 0 Å². The number of nitrogens with zero attached hydrogens (tertiary/aromatic N) is 3. The predicted octanol–water partition coefficient (Wildman–Crippen LogP) is -0.545. The molecule has 8 nitrogen and oxygen atoms in total. The number of carbonyl (C=O) groups is 1. The normalized spacial score (nSPS) is 11.3. The quantitative estimate of drug-likeness (QED) is 0.670. The zero-order chi connectivity index (χ0) is 14.2. The molecule has 0 saturated heterocycles. The van der Waals surface area contributed by atoms with Crippen LogP contribution in [0.3, 0.4) is 0 Å². The molecule has 1 heterocycles. The molecule has 0 saturated carbocycles. The van der Waals surface area contributed by atoms with E-state index in [9.17, 15) is 14.4 Å². The fraction of sp³-hybridized carbons (Fsp3) is 0.556. The Morgan fingerprint density at radius 3 is 2.17 bits per heavy atom. The van der Waals surface area contributed by atoms with Gasteiger partial charge in [-0.25, -0.2) is 24.4 Å². The van der Waals surface area contributed by atoms with Gasteiger partial charge < -0.3 is 5.73 Å². The monoisotopic (exact) mass is 273 g/mol. The Balaban J connectivity index is 3.84. The summed E-state index contributed by atoms with van der Waals surface area (Å²) in [7, 11) is 1.41. The van der Waals surface area contributed by atoms with E-state index in [2.05, 4.69) is 5.43 Å². The molecule has 9 heteroatoms. The van der Waals surface area contributed by atoms with Crippen LogP contribution in [0.15, 0.2) is 9.59 Å². The van der Waals surface area contributed by atoms with Crippen molar-refractivity contribution in [3.63, 3.8) is 0 Å². The van der Waals surface area contributed by atoms with E-state index in [4.69, 9.17) is 18.0 Å². The van der Waals surface area contributed by atoms with E-state index in [1.54, 1.807) is 20.8 Å². The maximum atomic E-state index is 12.1. The van der Waals surface area contributed by atoms with Gasteiger partial charge in [0, 0.05) is 12.6 Å². The van der Waals surface area contributed by atoms with Crippen LogP contribution in [0.2, 0.25) is 0 Å². The van der Waals surface area contributed by atoms with Gasteiger partial charge >= 0.3 is 17.4 Å². The molecule has 1 rings (SSSR count). The van der Waals surface area contributed by atoms with Gasteiger partial charge in [0.25, 0.3) is 0 Å². The van der Waals surface area contributed by atoms with Crippen molar-refractivity contribution in [1.82, 2.24) is 13.8 Å². The number of aromatic nitrogens is 3.